The molecule has 156 valence electrons. The van der Waals surface area contributed by atoms with E-state index in [1.807, 2.05) is 0 Å². The van der Waals surface area contributed by atoms with E-state index in [0.717, 1.165) is 0 Å². The lowest BCUT2D eigenvalue weighted by atomic mass is 10.1. The summed E-state index contributed by atoms with van der Waals surface area (Å²) in [6, 6.07) is 7.58. The number of benzene rings is 1. The fraction of sp³-hybridized carbons (Fsp3) is 0.250. The summed E-state index contributed by atoms with van der Waals surface area (Å²) in [4.78, 5) is 19.7. The van der Waals surface area contributed by atoms with Crippen molar-refractivity contribution in [3.63, 3.8) is 0 Å². The van der Waals surface area contributed by atoms with E-state index >= 15 is 0 Å². The van der Waals surface area contributed by atoms with E-state index in [4.69, 9.17) is 15.2 Å². The Labute approximate surface area is 167 Å². The van der Waals surface area contributed by atoms with E-state index in [9.17, 15) is 13.2 Å². The summed E-state index contributed by atoms with van der Waals surface area (Å²) in [7, 11) is -0.0418. The normalized spacial score (nSPS) is 11.5. The van der Waals surface area contributed by atoms with Crippen molar-refractivity contribution in [2.45, 2.75) is 5.75 Å². The summed E-state index contributed by atoms with van der Waals surface area (Å²) in [6.45, 7) is 0. The van der Waals surface area contributed by atoms with Crippen molar-refractivity contribution in [1.29, 1.82) is 0 Å². The fourth-order valence-corrected chi connectivity index (χ4v) is 3.20. The minimum atomic E-state index is -4.07. The number of rotatable bonds is 8. The van der Waals surface area contributed by atoms with Gasteiger partial charge in [0, 0.05) is 0 Å². The van der Waals surface area contributed by atoms with Gasteiger partial charge in [-0.3, -0.25) is 10.9 Å². The Kier molecular flexibility index (Phi) is 7.14. The number of guanidine groups is 1. The Balaban J connectivity index is 2.12. The molecule has 0 atom stereocenters. The first kappa shape index (κ1) is 21.7. The van der Waals surface area contributed by atoms with Crippen LogP contribution in [0.1, 0.15) is 15.9 Å². The van der Waals surface area contributed by atoms with Gasteiger partial charge in [-0.05, 0) is 11.6 Å². The maximum atomic E-state index is 12.3. The van der Waals surface area contributed by atoms with Gasteiger partial charge < -0.3 is 19.9 Å². The molecule has 1 aromatic heterocycles. The molecule has 1 aromatic carbocycles. The quantitative estimate of drug-likeness (QED) is 0.226. The van der Waals surface area contributed by atoms with Crippen molar-refractivity contribution in [3.05, 3.63) is 41.5 Å². The first-order chi connectivity index (χ1) is 13.8. The van der Waals surface area contributed by atoms with Crippen LogP contribution in [0.15, 0.2) is 34.7 Å². The number of carbonyl (C=O) groups is 1. The van der Waals surface area contributed by atoms with Gasteiger partial charge in [-0.15, -0.1) is 4.40 Å². The van der Waals surface area contributed by atoms with Crippen LogP contribution in [0.2, 0.25) is 0 Å². The number of carbonyl (C=O) groups excluding carboxylic acids is 1. The number of aromatic nitrogens is 2. The van der Waals surface area contributed by atoms with E-state index in [1.165, 1.54) is 39.5 Å². The number of sulfonamides is 1. The number of hydrogen-bond acceptors (Lipinski definition) is 9. The van der Waals surface area contributed by atoms with E-state index in [2.05, 4.69) is 30.0 Å². The van der Waals surface area contributed by atoms with Crippen LogP contribution in [-0.2, 0) is 20.5 Å². The highest BCUT2D eigenvalue weighted by Crippen LogP contribution is 2.17. The Morgan fingerprint density at radius 3 is 2.34 bits per heavy atom. The number of ether oxygens (including phenoxy) is 3. The van der Waals surface area contributed by atoms with Gasteiger partial charge >= 0.3 is 5.97 Å². The topological polar surface area (TPSA) is 167 Å². The predicted molar refractivity (Wildman–Crippen MR) is 104 cm³/mol. The lowest BCUT2D eigenvalue weighted by molar-refractivity contribution is 0.0600. The zero-order valence-corrected chi connectivity index (χ0v) is 16.7. The first-order valence-electron chi connectivity index (χ1n) is 8.01. The number of nitrogens with two attached hydrogens (primary N) is 1. The summed E-state index contributed by atoms with van der Waals surface area (Å²) in [5, 5.41) is 0. The molecule has 0 aliphatic heterocycles. The molecular formula is C16H20N6O6S. The number of methoxy groups -OCH3 is 3. The Bertz CT molecular complexity index is 988. The van der Waals surface area contributed by atoms with Crippen LogP contribution in [0.4, 0.5) is 5.95 Å². The fourth-order valence-electron chi connectivity index (χ4n) is 2.15. The molecule has 2 rings (SSSR count). The third-order valence-corrected chi connectivity index (χ3v) is 4.55. The third-order valence-electron chi connectivity index (χ3n) is 3.40. The van der Waals surface area contributed by atoms with Gasteiger partial charge in [-0.2, -0.15) is 9.97 Å². The van der Waals surface area contributed by atoms with Gasteiger partial charge in [-0.25, -0.2) is 13.2 Å². The molecule has 0 spiro atoms. The second-order valence-corrected chi connectivity index (χ2v) is 7.01. The molecule has 29 heavy (non-hydrogen) atoms. The van der Waals surface area contributed by atoms with Gasteiger partial charge in [-0.1, -0.05) is 18.2 Å². The van der Waals surface area contributed by atoms with Crippen LogP contribution in [-0.4, -0.2) is 51.6 Å². The minimum Gasteiger partial charge on any atom is -0.481 e. The lowest BCUT2D eigenvalue weighted by Crippen LogP contribution is -2.37. The third kappa shape index (κ3) is 6.21. The summed E-state index contributed by atoms with van der Waals surface area (Å²) in [5.74, 6) is -1.24. The van der Waals surface area contributed by atoms with Crippen molar-refractivity contribution in [2.75, 3.05) is 26.8 Å². The molecule has 0 saturated carbocycles. The van der Waals surface area contributed by atoms with Crippen LogP contribution in [0.25, 0.3) is 0 Å². The number of nitrogens with one attached hydrogen (secondary N) is 2. The SMILES string of the molecule is COC(=O)c1ccccc1CS(=O)(=O)/N=C(/N)NNc1nc(OC)cc(OC)n1. The molecule has 1 heterocycles. The second-order valence-electron chi connectivity index (χ2n) is 5.38. The van der Waals surface area contributed by atoms with Gasteiger partial charge in [0.1, 0.15) is 0 Å². The Hall–Kier alpha value is -3.61. The Morgan fingerprint density at radius 1 is 1.14 bits per heavy atom. The van der Waals surface area contributed by atoms with E-state index < -0.39 is 27.7 Å². The smallest absolute Gasteiger partial charge is 0.338 e. The van der Waals surface area contributed by atoms with Crippen molar-refractivity contribution in [3.8, 4) is 11.8 Å². The molecule has 0 aliphatic carbocycles. The molecule has 0 unspecified atom stereocenters. The minimum absolute atomic E-state index is 0.00721. The molecule has 0 radical (unpaired) electrons. The van der Waals surface area contributed by atoms with Crippen molar-refractivity contribution in [1.82, 2.24) is 15.4 Å². The first-order valence-corrected chi connectivity index (χ1v) is 9.62. The number of hydrazine groups is 1. The largest absolute Gasteiger partial charge is 0.481 e. The molecular weight excluding hydrogens is 404 g/mol. The zero-order chi connectivity index (χ0) is 21.4. The summed E-state index contributed by atoms with van der Waals surface area (Å²) < 4.78 is 42.7. The van der Waals surface area contributed by atoms with Crippen LogP contribution >= 0.6 is 0 Å². The van der Waals surface area contributed by atoms with E-state index in [-0.39, 0.29) is 28.8 Å². The highest BCUT2D eigenvalue weighted by atomic mass is 32.2. The maximum Gasteiger partial charge on any atom is 0.338 e. The predicted octanol–water partition coefficient (Wildman–Crippen LogP) is 0.0416. The molecule has 2 aromatic rings. The average Bonchev–Trinajstić information content (AvgIpc) is 2.71. The van der Waals surface area contributed by atoms with Gasteiger partial charge in [0.05, 0.1) is 38.7 Å². The van der Waals surface area contributed by atoms with E-state index in [0.29, 0.717) is 0 Å². The van der Waals surface area contributed by atoms with Crippen LogP contribution in [0.3, 0.4) is 0 Å². The molecule has 4 N–H and O–H groups in total. The molecule has 12 nitrogen and oxygen atoms in total. The maximum absolute atomic E-state index is 12.3. The van der Waals surface area contributed by atoms with Crippen molar-refractivity contribution in [2.24, 2.45) is 10.1 Å². The Morgan fingerprint density at radius 2 is 1.76 bits per heavy atom. The summed E-state index contributed by atoms with van der Waals surface area (Å²) >= 11 is 0. The second kappa shape index (κ2) is 9.54. The number of esters is 1. The molecule has 13 heteroatoms. The van der Waals surface area contributed by atoms with Crippen molar-refractivity contribution < 1.29 is 27.4 Å². The van der Waals surface area contributed by atoms with Crippen LogP contribution in [0.5, 0.6) is 11.8 Å². The van der Waals surface area contributed by atoms with Crippen LogP contribution in [0, 0.1) is 0 Å². The summed E-state index contributed by atoms with van der Waals surface area (Å²) in [5.41, 5.74) is 10.8. The lowest BCUT2D eigenvalue weighted by Gasteiger charge is -2.10. The van der Waals surface area contributed by atoms with Crippen LogP contribution < -0.4 is 26.1 Å². The standard InChI is InChI=1S/C16H20N6O6S/c1-26-12-8-13(27-2)19-16(18-12)21-20-15(17)22-29(24,25)9-10-6-4-5-7-11(10)14(23)28-3/h4-8H,9H2,1-3H3,(H3,17,20,22)(H,18,19,21). The van der Waals surface area contributed by atoms with Gasteiger partial charge in [0.25, 0.3) is 10.0 Å². The molecule has 0 bridgehead atoms. The average molecular weight is 424 g/mol. The number of hydrogen-bond donors (Lipinski definition) is 3. The molecule has 0 aliphatic rings. The molecule has 0 amide bonds. The van der Waals surface area contributed by atoms with Gasteiger partial charge in [0.15, 0.2) is 0 Å². The highest BCUT2D eigenvalue weighted by molar-refractivity contribution is 7.89. The zero-order valence-electron chi connectivity index (χ0n) is 15.9. The van der Waals surface area contributed by atoms with Gasteiger partial charge in [0.2, 0.25) is 23.7 Å². The number of anilines is 1. The van der Waals surface area contributed by atoms with Crippen molar-refractivity contribution >= 4 is 27.9 Å². The monoisotopic (exact) mass is 424 g/mol. The number of nitrogens with zero attached hydrogens (tertiary/aromatic N) is 3. The molecule has 0 saturated heterocycles. The summed E-state index contributed by atoms with van der Waals surface area (Å²) in [6.07, 6.45) is 0. The van der Waals surface area contributed by atoms with E-state index in [1.54, 1.807) is 12.1 Å². The molecule has 0 fully saturated rings. The highest BCUT2D eigenvalue weighted by Gasteiger charge is 2.18.